The molecule has 3 rings (SSSR count). The van der Waals surface area contributed by atoms with Gasteiger partial charge < -0.3 is 14.7 Å². The molecule has 0 spiro atoms. The minimum Gasteiger partial charge on any atom is -0.472 e. The van der Waals surface area contributed by atoms with Gasteiger partial charge in [-0.25, -0.2) is 0 Å². The van der Waals surface area contributed by atoms with Crippen molar-refractivity contribution in [3.63, 3.8) is 0 Å². The quantitative estimate of drug-likeness (QED) is 0.778. The van der Waals surface area contributed by atoms with E-state index in [-0.39, 0.29) is 0 Å². The molecule has 0 atom stereocenters. The number of furan rings is 1. The Hall–Kier alpha value is -2.01. The Balaban J connectivity index is 2.20. The highest BCUT2D eigenvalue weighted by atomic mass is 79.9. The Morgan fingerprint density at radius 3 is 2.78 bits per heavy atom. The Labute approximate surface area is 112 Å². The van der Waals surface area contributed by atoms with E-state index < -0.39 is 0 Å². The molecule has 4 nitrogen and oxygen atoms in total. The lowest BCUT2D eigenvalue weighted by molar-refractivity contribution is 0.435. The van der Waals surface area contributed by atoms with Crippen molar-refractivity contribution in [2.24, 2.45) is 0 Å². The summed E-state index contributed by atoms with van der Waals surface area (Å²) >= 11 is 3.44. The van der Waals surface area contributed by atoms with Gasteiger partial charge in [-0.2, -0.15) is 0 Å². The maximum Gasteiger partial charge on any atom is 0.180 e. The fourth-order valence-electron chi connectivity index (χ4n) is 1.82. The van der Waals surface area contributed by atoms with Crippen LogP contribution < -0.4 is 5.73 Å². The highest BCUT2D eigenvalue weighted by molar-refractivity contribution is 9.10. The minimum absolute atomic E-state index is 0.365. The largest absolute Gasteiger partial charge is 0.472 e. The zero-order chi connectivity index (χ0) is 12.5. The van der Waals surface area contributed by atoms with Crippen LogP contribution in [0.1, 0.15) is 0 Å². The first-order chi connectivity index (χ1) is 8.75. The van der Waals surface area contributed by atoms with Crippen molar-refractivity contribution in [2.45, 2.75) is 0 Å². The third-order valence-corrected chi connectivity index (χ3v) is 3.11. The van der Waals surface area contributed by atoms with Crippen molar-refractivity contribution < 1.29 is 8.94 Å². The van der Waals surface area contributed by atoms with Gasteiger partial charge in [0.15, 0.2) is 11.6 Å². The van der Waals surface area contributed by atoms with Gasteiger partial charge in [-0.3, -0.25) is 0 Å². The summed E-state index contributed by atoms with van der Waals surface area (Å²) in [5.41, 5.74) is 8.41. The molecule has 0 bridgehead atoms. The van der Waals surface area contributed by atoms with Crippen molar-refractivity contribution in [2.75, 3.05) is 5.73 Å². The Kier molecular flexibility index (Phi) is 2.68. The smallest absolute Gasteiger partial charge is 0.180 e. The van der Waals surface area contributed by atoms with Gasteiger partial charge >= 0.3 is 0 Å². The molecule has 2 heterocycles. The van der Waals surface area contributed by atoms with Crippen LogP contribution in [0.3, 0.4) is 0 Å². The summed E-state index contributed by atoms with van der Waals surface area (Å²) in [4.78, 5) is 0. The standard InChI is InChI=1S/C13H9BrN2O2/c14-10-3-1-2-8(6-10)11-12(18-16-13(11)15)9-4-5-17-7-9/h1-7H,(H2,15,16). The van der Waals surface area contributed by atoms with Crippen LogP contribution >= 0.6 is 15.9 Å². The predicted molar refractivity (Wildman–Crippen MR) is 71.8 cm³/mol. The van der Waals surface area contributed by atoms with E-state index in [9.17, 15) is 0 Å². The summed E-state index contributed by atoms with van der Waals surface area (Å²) in [5.74, 6) is 0.976. The molecule has 90 valence electrons. The summed E-state index contributed by atoms with van der Waals surface area (Å²) in [5, 5.41) is 3.82. The molecule has 5 heteroatoms. The lowest BCUT2D eigenvalue weighted by Crippen LogP contribution is -1.88. The molecule has 0 radical (unpaired) electrons. The molecule has 0 aliphatic carbocycles. The molecule has 1 aromatic carbocycles. The highest BCUT2D eigenvalue weighted by Crippen LogP contribution is 2.37. The molecule has 0 unspecified atom stereocenters. The molecule has 0 fully saturated rings. The molecular formula is C13H9BrN2O2. The molecular weight excluding hydrogens is 296 g/mol. The van der Waals surface area contributed by atoms with Crippen LogP contribution in [0.15, 0.2) is 56.3 Å². The summed E-state index contributed by atoms with van der Waals surface area (Å²) in [6, 6.07) is 9.61. The number of benzene rings is 1. The molecule has 2 N–H and O–H groups in total. The Morgan fingerprint density at radius 1 is 1.17 bits per heavy atom. The Bertz CT molecular complexity index is 674. The zero-order valence-corrected chi connectivity index (χ0v) is 10.8. The van der Waals surface area contributed by atoms with Crippen LogP contribution in [-0.2, 0) is 0 Å². The van der Waals surface area contributed by atoms with E-state index in [4.69, 9.17) is 14.7 Å². The number of hydrogen-bond donors (Lipinski definition) is 1. The van der Waals surface area contributed by atoms with Gasteiger partial charge in [-0.15, -0.1) is 0 Å². The van der Waals surface area contributed by atoms with Crippen molar-refractivity contribution in [3.05, 3.63) is 47.3 Å². The summed E-state index contributed by atoms with van der Waals surface area (Å²) in [7, 11) is 0. The zero-order valence-electron chi connectivity index (χ0n) is 9.26. The number of nitrogens with two attached hydrogens (primary N) is 1. The first-order valence-corrected chi connectivity index (χ1v) is 6.08. The second-order valence-electron chi connectivity index (χ2n) is 3.79. The SMILES string of the molecule is Nc1noc(-c2ccoc2)c1-c1cccc(Br)c1. The monoisotopic (exact) mass is 304 g/mol. The summed E-state index contributed by atoms with van der Waals surface area (Å²) < 4.78 is 11.3. The maximum absolute atomic E-state index is 5.88. The third kappa shape index (κ3) is 1.82. The highest BCUT2D eigenvalue weighted by Gasteiger charge is 2.18. The lowest BCUT2D eigenvalue weighted by atomic mass is 10.0. The van der Waals surface area contributed by atoms with E-state index in [2.05, 4.69) is 21.1 Å². The number of aromatic nitrogens is 1. The lowest BCUT2D eigenvalue weighted by Gasteiger charge is -2.01. The number of anilines is 1. The fourth-order valence-corrected chi connectivity index (χ4v) is 2.22. The van der Waals surface area contributed by atoms with Gasteiger partial charge in [-0.05, 0) is 23.8 Å². The van der Waals surface area contributed by atoms with Gasteiger partial charge in [-0.1, -0.05) is 33.2 Å². The minimum atomic E-state index is 0.365. The number of halogens is 1. The van der Waals surface area contributed by atoms with E-state index >= 15 is 0 Å². The van der Waals surface area contributed by atoms with Crippen molar-refractivity contribution in [1.29, 1.82) is 0 Å². The van der Waals surface area contributed by atoms with Crippen LogP contribution in [0.2, 0.25) is 0 Å². The van der Waals surface area contributed by atoms with Crippen LogP contribution in [0.25, 0.3) is 22.5 Å². The number of rotatable bonds is 2. The molecule has 0 aliphatic rings. The first kappa shape index (κ1) is 11.1. The first-order valence-electron chi connectivity index (χ1n) is 5.29. The van der Waals surface area contributed by atoms with E-state index in [1.165, 1.54) is 0 Å². The van der Waals surface area contributed by atoms with E-state index in [0.29, 0.717) is 11.6 Å². The fraction of sp³-hybridized carbons (Fsp3) is 0. The topological polar surface area (TPSA) is 65.2 Å². The molecule has 3 aromatic rings. The van der Waals surface area contributed by atoms with Gasteiger partial charge in [0.25, 0.3) is 0 Å². The second-order valence-corrected chi connectivity index (χ2v) is 4.71. The molecule has 2 aromatic heterocycles. The normalized spacial score (nSPS) is 10.7. The summed E-state index contributed by atoms with van der Waals surface area (Å²) in [6.07, 6.45) is 3.18. The van der Waals surface area contributed by atoms with Gasteiger partial charge in [0.2, 0.25) is 0 Å². The number of hydrogen-bond acceptors (Lipinski definition) is 4. The van der Waals surface area contributed by atoms with Crippen LogP contribution in [0.5, 0.6) is 0 Å². The molecule has 0 aliphatic heterocycles. The van der Waals surface area contributed by atoms with Crippen LogP contribution in [0, 0.1) is 0 Å². The van der Waals surface area contributed by atoms with Crippen LogP contribution in [0.4, 0.5) is 5.82 Å². The van der Waals surface area contributed by atoms with Gasteiger partial charge in [0.05, 0.1) is 17.4 Å². The molecule has 18 heavy (non-hydrogen) atoms. The van der Waals surface area contributed by atoms with E-state index in [1.807, 2.05) is 24.3 Å². The molecule has 0 saturated carbocycles. The molecule has 0 amide bonds. The average molecular weight is 305 g/mol. The summed E-state index contributed by atoms with van der Waals surface area (Å²) in [6.45, 7) is 0. The van der Waals surface area contributed by atoms with Crippen molar-refractivity contribution in [1.82, 2.24) is 5.16 Å². The van der Waals surface area contributed by atoms with Crippen LogP contribution in [-0.4, -0.2) is 5.16 Å². The molecule has 0 saturated heterocycles. The van der Waals surface area contributed by atoms with Crippen molar-refractivity contribution in [3.8, 4) is 22.5 Å². The average Bonchev–Trinajstić information content (AvgIpc) is 2.97. The van der Waals surface area contributed by atoms with E-state index in [0.717, 1.165) is 21.2 Å². The number of nitrogen functional groups attached to an aromatic ring is 1. The van der Waals surface area contributed by atoms with E-state index in [1.54, 1.807) is 18.6 Å². The maximum atomic E-state index is 5.88. The van der Waals surface area contributed by atoms with Crippen molar-refractivity contribution >= 4 is 21.7 Å². The Morgan fingerprint density at radius 2 is 2.06 bits per heavy atom. The third-order valence-electron chi connectivity index (χ3n) is 2.62. The van der Waals surface area contributed by atoms with Gasteiger partial charge in [0, 0.05) is 4.47 Å². The number of nitrogens with zero attached hydrogens (tertiary/aromatic N) is 1. The second kappa shape index (κ2) is 4.34. The predicted octanol–water partition coefficient (Wildman–Crippen LogP) is 3.95. The van der Waals surface area contributed by atoms with Gasteiger partial charge in [0.1, 0.15) is 6.26 Å².